The van der Waals surface area contributed by atoms with Crippen molar-refractivity contribution in [1.82, 2.24) is 0 Å². The van der Waals surface area contributed by atoms with Gasteiger partial charge in [-0.1, -0.05) is 60.1 Å². The fourth-order valence-electron chi connectivity index (χ4n) is 10.8. The Hall–Kier alpha value is -0.870. The molecule has 0 saturated heterocycles. The average Bonchev–Trinajstić information content (AvgIpc) is 2.72. The van der Waals surface area contributed by atoms with Gasteiger partial charge < -0.3 is 15.3 Å². The van der Waals surface area contributed by atoms with Crippen LogP contribution in [0.25, 0.3) is 0 Å². The lowest BCUT2D eigenvalue weighted by molar-refractivity contribution is -0.231. The predicted octanol–water partition coefficient (Wildman–Crippen LogP) is 6.20. The largest absolute Gasteiger partial charge is 0.481 e. The third-order valence-corrected chi connectivity index (χ3v) is 13.0. The van der Waals surface area contributed by atoms with Crippen LogP contribution in [0.15, 0.2) is 11.6 Å². The van der Waals surface area contributed by atoms with E-state index in [1.54, 1.807) is 0 Å². The molecule has 5 aliphatic carbocycles. The van der Waals surface area contributed by atoms with Crippen LogP contribution in [0.3, 0.4) is 0 Å². The SMILES string of the molecule is CC1(C)CC[C@]2(C(=O)O)CC[C@]3(C)C(=CCC4[C@@]5(C)C[C@@H](O)[C@@H](O)C(C)(C)[C@@H]5CC[C@]43C)C2C1. The van der Waals surface area contributed by atoms with Crippen molar-refractivity contribution in [2.45, 2.75) is 118 Å². The van der Waals surface area contributed by atoms with E-state index in [4.69, 9.17) is 0 Å². The first-order valence-corrected chi connectivity index (χ1v) is 13.9. The van der Waals surface area contributed by atoms with Crippen molar-refractivity contribution in [1.29, 1.82) is 0 Å². The van der Waals surface area contributed by atoms with E-state index in [1.165, 1.54) is 5.57 Å². The zero-order valence-electron chi connectivity index (χ0n) is 22.6. The second kappa shape index (κ2) is 7.12. The molecule has 4 heteroatoms. The molecule has 5 aliphatic rings. The first-order chi connectivity index (χ1) is 15.6. The predicted molar refractivity (Wildman–Crippen MR) is 134 cm³/mol. The van der Waals surface area contributed by atoms with E-state index in [1.807, 2.05) is 0 Å². The van der Waals surface area contributed by atoms with Gasteiger partial charge in [-0.3, -0.25) is 4.79 Å². The molecule has 4 nitrogen and oxygen atoms in total. The number of hydrogen-bond acceptors (Lipinski definition) is 3. The number of carboxylic acids is 1. The lowest BCUT2D eigenvalue weighted by Gasteiger charge is -2.71. The molecule has 34 heavy (non-hydrogen) atoms. The van der Waals surface area contributed by atoms with Gasteiger partial charge in [0.25, 0.3) is 0 Å². The molecule has 0 aliphatic heterocycles. The topological polar surface area (TPSA) is 77.8 Å². The highest BCUT2D eigenvalue weighted by Gasteiger charge is 2.70. The Morgan fingerprint density at radius 2 is 1.53 bits per heavy atom. The molecule has 2 unspecified atom stereocenters. The van der Waals surface area contributed by atoms with Gasteiger partial charge in [-0.25, -0.2) is 0 Å². The average molecular weight is 473 g/mol. The van der Waals surface area contributed by atoms with Gasteiger partial charge in [0.2, 0.25) is 0 Å². The Kier molecular flexibility index (Phi) is 5.20. The second-order valence-corrected chi connectivity index (χ2v) is 15.2. The van der Waals surface area contributed by atoms with Crippen molar-refractivity contribution >= 4 is 5.97 Å². The molecule has 192 valence electrons. The molecule has 4 fully saturated rings. The normalized spacial score (nSPS) is 53.4. The molecular formula is C30H48O4. The summed E-state index contributed by atoms with van der Waals surface area (Å²) in [6.45, 7) is 16.3. The number of rotatable bonds is 1. The van der Waals surface area contributed by atoms with Gasteiger partial charge in [0.1, 0.15) is 0 Å². The molecule has 0 spiro atoms. The van der Waals surface area contributed by atoms with Crippen LogP contribution in [0.1, 0.15) is 106 Å². The zero-order chi connectivity index (χ0) is 25.1. The Bertz CT molecular complexity index is 919. The van der Waals surface area contributed by atoms with Gasteiger partial charge in [-0.15, -0.1) is 0 Å². The summed E-state index contributed by atoms with van der Waals surface area (Å²) >= 11 is 0. The molecule has 0 aromatic heterocycles. The molecule has 4 saturated carbocycles. The lowest BCUT2D eigenvalue weighted by atomic mass is 9.33. The second-order valence-electron chi connectivity index (χ2n) is 15.2. The number of allylic oxidation sites excluding steroid dienone is 2. The maximum absolute atomic E-state index is 12.8. The monoisotopic (exact) mass is 472 g/mol. The fraction of sp³-hybridized carbons (Fsp3) is 0.900. The van der Waals surface area contributed by atoms with E-state index in [0.717, 1.165) is 51.4 Å². The molecule has 0 aromatic rings. The van der Waals surface area contributed by atoms with Gasteiger partial charge in [0.05, 0.1) is 17.6 Å². The van der Waals surface area contributed by atoms with E-state index in [9.17, 15) is 20.1 Å². The molecule has 0 aromatic carbocycles. The van der Waals surface area contributed by atoms with Crippen molar-refractivity contribution in [3.63, 3.8) is 0 Å². The third-order valence-electron chi connectivity index (χ3n) is 13.0. The first kappa shape index (κ1) is 24.8. The van der Waals surface area contributed by atoms with Gasteiger partial charge in [0, 0.05) is 0 Å². The number of aliphatic hydroxyl groups is 2. The van der Waals surface area contributed by atoms with Gasteiger partial charge in [-0.05, 0) is 103 Å². The smallest absolute Gasteiger partial charge is 0.310 e. The summed E-state index contributed by atoms with van der Waals surface area (Å²) in [6, 6.07) is 0. The number of carbonyl (C=O) groups is 1. The highest BCUT2D eigenvalue weighted by Crippen LogP contribution is 2.75. The highest BCUT2D eigenvalue weighted by atomic mass is 16.4. The van der Waals surface area contributed by atoms with E-state index in [-0.39, 0.29) is 33.0 Å². The Morgan fingerprint density at radius 1 is 0.882 bits per heavy atom. The minimum absolute atomic E-state index is 0.00785. The van der Waals surface area contributed by atoms with Crippen molar-refractivity contribution in [2.24, 2.45) is 50.2 Å². The van der Waals surface area contributed by atoms with Crippen molar-refractivity contribution in [3.05, 3.63) is 11.6 Å². The maximum atomic E-state index is 12.8. The summed E-state index contributed by atoms with van der Waals surface area (Å²) in [5, 5.41) is 32.4. The van der Waals surface area contributed by atoms with Crippen LogP contribution in [0, 0.1) is 50.2 Å². The molecule has 0 radical (unpaired) electrons. The van der Waals surface area contributed by atoms with Crippen LogP contribution in [0.2, 0.25) is 0 Å². The minimum atomic E-state index is -0.679. The summed E-state index contributed by atoms with van der Waals surface area (Å²) in [6.07, 6.45) is 9.45. The summed E-state index contributed by atoms with van der Waals surface area (Å²) in [4.78, 5) is 12.8. The van der Waals surface area contributed by atoms with Gasteiger partial charge >= 0.3 is 5.97 Å². The molecule has 9 atom stereocenters. The highest BCUT2D eigenvalue weighted by molar-refractivity contribution is 5.76. The molecule has 0 amide bonds. The molecule has 5 rings (SSSR count). The lowest BCUT2D eigenvalue weighted by Crippen LogP contribution is -2.67. The van der Waals surface area contributed by atoms with Crippen molar-refractivity contribution in [2.75, 3.05) is 0 Å². The fourth-order valence-corrected chi connectivity index (χ4v) is 10.8. The van der Waals surface area contributed by atoms with Crippen LogP contribution in [0.4, 0.5) is 0 Å². The van der Waals surface area contributed by atoms with Gasteiger partial charge in [-0.2, -0.15) is 0 Å². The maximum Gasteiger partial charge on any atom is 0.310 e. The molecular weight excluding hydrogens is 424 g/mol. The van der Waals surface area contributed by atoms with E-state index in [2.05, 4.69) is 54.5 Å². The van der Waals surface area contributed by atoms with E-state index >= 15 is 0 Å². The molecule has 3 N–H and O–H groups in total. The summed E-state index contributed by atoms with van der Waals surface area (Å²) < 4.78 is 0. The standard InChI is InChI=1S/C30H48O4/c1-25(2)12-14-30(24(33)34)15-13-28(6)18(19(30)16-25)8-9-22-27(5)17-20(31)23(32)26(3,4)21(27)10-11-29(22,28)7/h8,19-23,31-32H,9-17H2,1-7H3,(H,33,34)/t19?,20-,21+,22?,23-,27+,28-,29-,30+/m1/s1. The molecule has 0 heterocycles. The quantitative estimate of drug-likeness (QED) is 0.397. The summed E-state index contributed by atoms with van der Waals surface area (Å²) in [5.41, 5.74) is 0.754. The zero-order valence-corrected chi connectivity index (χ0v) is 22.6. The number of aliphatic hydroxyl groups excluding tert-OH is 2. The minimum Gasteiger partial charge on any atom is -0.481 e. The Labute approximate surface area is 206 Å². The number of carboxylic acid groups (broad SMARTS) is 1. The molecule has 0 bridgehead atoms. The van der Waals surface area contributed by atoms with Crippen LogP contribution in [0.5, 0.6) is 0 Å². The Balaban J connectivity index is 1.61. The van der Waals surface area contributed by atoms with E-state index in [0.29, 0.717) is 18.3 Å². The van der Waals surface area contributed by atoms with Crippen molar-refractivity contribution in [3.8, 4) is 0 Å². The van der Waals surface area contributed by atoms with Crippen LogP contribution in [-0.4, -0.2) is 33.5 Å². The number of aliphatic carboxylic acids is 1. The van der Waals surface area contributed by atoms with Crippen molar-refractivity contribution < 1.29 is 20.1 Å². The number of fused-ring (bicyclic) bond motifs is 7. The van der Waals surface area contributed by atoms with Crippen LogP contribution in [-0.2, 0) is 4.79 Å². The van der Waals surface area contributed by atoms with Gasteiger partial charge in [0.15, 0.2) is 0 Å². The summed E-state index contributed by atoms with van der Waals surface area (Å²) in [7, 11) is 0. The Morgan fingerprint density at radius 3 is 2.18 bits per heavy atom. The number of hydrogen-bond donors (Lipinski definition) is 3. The summed E-state index contributed by atoms with van der Waals surface area (Å²) in [5.74, 6) is 0.365. The third kappa shape index (κ3) is 2.88. The van der Waals surface area contributed by atoms with Crippen LogP contribution < -0.4 is 0 Å². The van der Waals surface area contributed by atoms with E-state index < -0.39 is 23.6 Å². The first-order valence-electron chi connectivity index (χ1n) is 13.9. The van der Waals surface area contributed by atoms with Crippen LogP contribution >= 0.6 is 0 Å².